The fraction of sp³-hybridized carbons (Fsp3) is 0.333. The summed E-state index contributed by atoms with van der Waals surface area (Å²) in [6.45, 7) is 0.516. The second-order valence-electron chi connectivity index (χ2n) is 3.50. The second kappa shape index (κ2) is 7.40. The lowest BCUT2D eigenvalue weighted by molar-refractivity contribution is 0.139. The van der Waals surface area contributed by atoms with E-state index in [1.54, 1.807) is 6.29 Å². The van der Waals surface area contributed by atoms with Crippen LogP contribution < -0.4 is 11.1 Å². The molecule has 0 bridgehead atoms. The van der Waals surface area contributed by atoms with Crippen LogP contribution in [0, 0.1) is 0 Å². The first kappa shape index (κ1) is 13.2. The van der Waals surface area contributed by atoms with Crippen LogP contribution in [0.5, 0.6) is 0 Å². The molecule has 0 saturated heterocycles. The Morgan fingerprint density at radius 3 is 2.76 bits per heavy atom. The molecule has 0 saturated carbocycles. The molecule has 0 fully saturated rings. The van der Waals surface area contributed by atoms with E-state index in [1.165, 1.54) is 0 Å². The van der Waals surface area contributed by atoms with Crippen molar-refractivity contribution in [2.75, 3.05) is 6.54 Å². The van der Waals surface area contributed by atoms with Gasteiger partial charge in [0.15, 0.2) is 0 Å². The molecular formula is C12H15N2O3. The Labute approximate surface area is 99.9 Å². The first-order valence-electron chi connectivity index (χ1n) is 5.30. The highest BCUT2D eigenvalue weighted by Crippen LogP contribution is 2.00. The van der Waals surface area contributed by atoms with Crippen LogP contribution in [-0.2, 0) is 16.1 Å². The maximum absolute atomic E-state index is 11.2. The molecular weight excluding hydrogens is 220 g/mol. The van der Waals surface area contributed by atoms with Crippen LogP contribution in [0.1, 0.15) is 12.0 Å². The molecule has 91 valence electrons. The van der Waals surface area contributed by atoms with Gasteiger partial charge in [-0.1, -0.05) is 30.3 Å². The van der Waals surface area contributed by atoms with Crippen molar-refractivity contribution >= 4 is 12.4 Å². The molecule has 0 unspecified atom stereocenters. The highest BCUT2D eigenvalue weighted by molar-refractivity contribution is 5.67. The van der Waals surface area contributed by atoms with Gasteiger partial charge in [0.05, 0.1) is 6.04 Å². The second-order valence-corrected chi connectivity index (χ2v) is 3.50. The lowest BCUT2D eigenvalue weighted by Crippen LogP contribution is -2.31. The van der Waals surface area contributed by atoms with Crippen LogP contribution >= 0.6 is 0 Å². The van der Waals surface area contributed by atoms with Gasteiger partial charge in [-0.3, -0.25) is 4.79 Å². The molecule has 0 spiro atoms. The van der Waals surface area contributed by atoms with Crippen molar-refractivity contribution < 1.29 is 14.3 Å². The smallest absolute Gasteiger partial charge is 0.407 e. The van der Waals surface area contributed by atoms with Crippen molar-refractivity contribution in [1.29, 1.82) is 0 Å². The van der Waals surface area contributed by atoms with E-state index in [4.69, 9.17) is 10.5 Å². The topological polar surface area (TPSA) is 81.4 Å². The van der Waals surface area contributed by atoms with E-state index in [1.807, 2.05) is 30.3 Å². The predicted molar refractivity (Wildman–Crippen MR) is 62.9 cm³/mol. The lowest BCUT2D eigenvalue weighted by atomic mass is 10.2. The summed E-state index contributed by atoms with van der Waals surface area (Å²) in [6.07, 6.45) is 1.46. The first-order chi connectivity index (χ1) is 8.22. The van der Waals surface area contributed by atoms with Crippen LogP contribution in [0.3, 0.4) is 0 Å². The molecule has 0 aliphatic rings. The zero-order valence-electron chi connectivity index (χ0n) is 9.39. The quantitative estimate of drug-likeness (QED) is 0.762. The number of carbonyl (C=O) groups excluding carboxylic acids is 2. The highest BCUT2D eigenvalue weighted by Gasteiger charge is 2.04. The van der Waals surface area contributed by atoms with Gasteiger partial charge in [0.2, 0.25) is 6.29 Å². The monoisotopic (exact) mass is 235 g/mol. The molecule has 3 N–H and O–H groups in total. The Bertz CT molecular complexity index is 354. The molecule has 1 aromatic rings. The van der Waals surface area contributed by atoms with E-state index in [2.05, 4.69) is 5.32 Å². The van der Waals surface area contributed by atoms with E-state index in [9.17, 15) is 9.59 Å². The maximum Gasteiger partial charge on any atom is 0.407 e. The van der Waals surface area contributed by atoms with Crippen molar-refractivity contribution in [3.8, 4) is 0 Å². The number of rotatable bonds is 6. The molecule has 1 rings (SSSR count). The van der Waals surface area contributed by atoms with E-state index in [-0.39, 0.29) is 6.61 Å². The fourth-order valence-electron chi connectivity index (χ4n) is 1.16. The van der Waals surface area contributed by atoms with Gasteiger partial charge in [-0.15, -0.1) is 0 Å². The highest BCUT2D eigenvalue weighted by atomic mass is 16.5. The Balaban J connectivity index is 2.15. The van der Waals surface area contributed by atoms with Crippen molar-refractivity contribution in [2.45, 2.75) is 19.1 Å². The standard InChI is InChI=1S/C12H15N2O3/c13-11(8-15)6-7-14-12(16)17-9-10-4-2-1-3-5-10/h1-5,11H,6-7,9,13H2,(H,14,16)/t11-/m0/s1. The molecule has 5 heteroatoms. The number of nitrogens with two attached hydrogens (primary N) is 1. The molecule has 1 atom stereocenters. The zero-order valence-corrected chi connectivity index (χ0v) is 9.39. The normalized spacial score (nSPS) is 11.6. The summed E-state index contributed by atoms with van der Waals surface area (Å²) in [4.78, 5) is 21.3. The van der Waals surface area contributed by atoms with Gasteiger partial charge in [0.25, 0.3) is 0 Å². The SMILES string of the molecule is N[C@H]([C]=O)CCNC(=O)OCc1ccccc1. The molecule has 0 heterocycles. The van der Waals surface area contributed by atoms with E-state index >= 15 is 0 Å². The van der Waals surface area contributed by atoms with Crippen LogP contribution in [0.2, 0.25) is 0 Å². The van der Waals surface area contributed by atoms with Crippen molar-refractivity contribution in [2.24, 2.45) is 5.73 Å². The summed E-state index contributed by atoms with van der Waals surface area (Å²) < 4.78 is 4.95. The molecule has 0 aromatic heterocycles. The number of benzene rings is 1. The van der Waals surface area contributed by atoms with Gasteiger partial charge in [-0.25, -0.2) is 4.79 Å². The fourth-order valence-corrected chi connectivity index (χ4v) is 1.16. The third-order valence-corrected chi connectivity index (χ3v) is 2.09. The number of ether oxygens (including phenoxy) is 1. The Kier molecular flexibility index (Phi) is 5.74. The molecule has 0 aliphatic carbocycles. The van der Waals surface area contributed by atoms with Crippen LogP contribution in [0.15, 0.2) is 30.3 Å². The minimum absolute atomic E-state index is 0.221. The largest absolute Gasteiger partial charge is 0.445 e. The van der Waals surface area contributed by atoms with E-state index < -0.39 is 12.1 Å². The summed E-state index contributed by atoms with van der Waals surface area (Å²) in [5, 5.41) is 2.50. The number of carbonyl (C=O) groups is 1. The summed E-state index contributed by atoms with van der Waals surface area (Å²) in [5.74, 6) is 0. The Morgan fingerprint density at radius 1 is 1.41 bits per heavy atom. The molecule has 1 amide bonds. The minimum atomic E-state index is -0.663. The third kappa shape index (κ3) is 5.67. The Hall–Kier alpha value is -1.88. The minimum Gasteiger partial charge on any atom is -0.445 e. The lowest BCUT2D eigenvalue weighted by Gasteiger charge is -2.07. The van der Waals surface area contributed by atoms with Crippen molar-refractivity contribution in [3.63, 3.8) is 0 Å². The Morgan fingerprint density at radius 2 is 2.12 bits per heavy atom. The average Bonchev–Trinajstić information content (AvgIpc) is 2.37. The number of hydrogen-bond donors (Lipinski definition) is 2. The van der Waals surface area contributed by atoms with E-state index in [0.717, 1.165) is 5.56 Å². The third-order valence-electron chi connectivity index (χ3n) is 2.09. The summed E-state index contributed by atoms with van der Waals surface area (Å²) in [7, 11) is 0. The summed E-state index contributed by atoms with van der Waals surface area (Å²) in [6, 6.07) is 8.70. The van der Waals surface area contributed by atoms with Gasteiger partial charge in [0, 0.05) is 6.54 Å². The van der Waals surface area contributed by atoms with Crippen LogP contribution in [0.4, 0.5) is 4.79 Å². The van der Waals surface area contributed by atoms with Crippen molar-refractivity contribution in [3.05, 3.63) is 35.9 Å². The average molecular weight is 235 g/mol. The van der Waals surface area contributed by atoms with E-state index in [0.29, 0.717) is 13.0 Å². The van der Waals surface area contributed by atoms with Gasteiger partial charge in [-0.2, -0.15) is 0 Å². The molecule has 5 nitrogen and oxygen atoms in total. The maximum atomic E-state index is 11.2. The van der Waals surface area contributed by atoms with Gasteiger partial charge >= 0.3 is 6.09 Å². The predicted octanol–water partition coefficient (Wildman–Crippen LogP) is 0.740. The first-order valence-corrected chi connectivity index (χ1v) is 5.30. The van der Waals surface area contributed by atoms with Crippen LogP contribution in [0.25, 0.3) is 0 Å². The summed E-state index contributed by atoms with van der Waals surface area (Å²) in [5.41, 5.74) is 6.23. The van der Waals surface area contributed by atoms with Crippen LogP contribution in [-0.4, -0.2) is 25.0 Å². The van der Waals surface area contributed by atoms with Crippen molar-refractivity contribution in [1.82, 2.24) is 5.32 Å². The molecule has 1 aromatic carbocycles. The number of amides is 1. The number of hydrogen-bond acceptors (Lipinski definition) is 4. The number of nitrogens with one attached hydrogen (secondary N) is 1. The van der Waals surface area contributed by atoms with Gasteiger partial charge in [-0.05, 0) is 12.0 Å². The van der Waals surface area contributed by atoms with Gasteiger partial charge < -0.3 is 15.8 Å². The van der Waals surface area contributed by atoms with Gasteiger partial charge in [0.1, 0.15) is 6.61 Å². The summed E-state index contributed by atoms with van der Waals surface area (Å²) >= 11 is 0. The number of alkyl carbamates (subject to hydrolysis) is 1. The molecule has 1 radical (unpaired) electrons. The zero-order chi connectivity index (χ0) is 12.5. The molecule has 0 aliphatic heterocycles. The molecule has 17 heavy (non-hydrogen) atoms.